The van der Waals surface area contributed by atoms with Gasteiger partial charge >= 0.3 is 0 Å². The Morgan fingerprint density at radius 1 is 0.913 bits per heavy atom. The van der Waals surface area contributed by atoms with E-state index >= 15 is 0 Å². The zero-order chi connectivity index (χ0) is 16.5. The highest BCUT2D eigenvalue weighted by atomic mass is 32.1. The van der Waals surface area contributed by atoms with Gasteiger partial charge in [0, 0.05) is 31.3 Å². The lowest BCUT2D eigenvalue weighted by atomic mass is 10.2. The van der Waals surface area contributed by atoms with E-state index in [-0.39, 0.29) is 6.29 Å². The Balaban J connectivity index is 1.83. The first kappa shape index (κ1) is 17.2. The second-order valence-corrected chi connectivity index (χ2v) is 5.21. The maximum absolute atomic E-state index is 5.24. The Kier molecular flexibility index (Phi) is 6.80. The van der Waals surface area contributed by atoms with Crippen molar-refractivity contribution >= 4 is 34.4 Å². The Morgan fingerprint density at radius 3 is 2.09 bits per heavy atom. The second kappa shape index (κ2) is 9.09. The van der Waals surface area contributed by atoms with E-state index < -0.39 is 0 Å². The second-order valence-electron chi connectivity index (χ2n) is 4.80. The van der Waals surface area contributed by atoms with E-state index in [1.165, 1.54) is 0 Å². The molecule has 0 aromatic heterocycles. The van der Waals surface area contributed by atoms with Crippen LogP contribution in [0.5, 0.6) is 0 Å². The molecule has 0 unspecified atom stereocenters. The number of ether oxygens (including phenoxy) is 2. The lowest BCUT2D eigenvalue weighted by Gasteiger charge is -2.16. The monoisotopic (exact) mass is 331 g/mol. The fraction of sp³-hybridized carbons (Fsp3) is 0.235. The Bertz CT molecular complexity index is 601. The van der Waals surface area contributed by atoms with E-state index in [1.54, 1.807) is 14.2 Å². The topological polar surface area (TPSA) is 54.5 Å². The van der Waals surface area contributed by atoms with Crippen LogP contribution in [-0.4, -0.2) is 32.2 Å². The summed E-state index contributed by atoms with van der Waals surface area (Å²) in [6.07, 6.45) is -0.327. The maximum Gasteiger partial charge on any atom is 0.174 e. The number of hydrogen-bond donors (Lipinski definition) is 3. The van der Waals surface area contributed by atoms with Gasteiger partial charge in [-0.15, -0.1) is 0 Å². The van der Waals surface area contributed by atoms with Crippen molar-refractivity contribution < 1.29 is 9.47 Å². The van der Waals surface area contributed by atoms with E-state index in [1.807, 2.05) is 54.6 Å². The van der Waals surface area contributed by atoms with E-state index in [0.29, 0.717) is 11.7 Å². The van der Waals surface area contributed by atoms with Gasteiger partial charge < -0.3 is 25.4 Å². The third kappa shape index (κ3) is 5.86. The molecule has 122 valence electrons. The van der Waals surface area contributed by atoms with E-state index in [2.05, 4.69) is 16.0 Å². The molecule has 0 fully saturated rings. The number of hydrogen-bond acceptors (Lipinski definition) is 4. The molecule has 0 heterocycles. The summed E-state index contributed by atoms with van der Waals surface area (Å²) in [7, 11) is 3.18. The van der Waals surface area contributed by atoms with Gasteiger partial charge in [0.25, 0.3) is 0 Å². The first-order chi connectivity index (χ1) is 11.2. The molecule has 0 bridgehead atoms. The molecule has 0 aliphatic rings. The minimum atomic E-state index is -0.327. The van der Waals surface area contributed by atoms with Crippen molar-refractivity contribution in [2.45, 2.75) is 6.29 Å². The quantitative estimate of drug-likeness (QED) is 0.534. The molecule has 0 saturated heterocycles. The fourth-order valence-electron chi connectivity index (χ4n) is 1.94. The van der Waals surface area contributed by atoms with Gasteiger partial charge in [-0.2, -0.15) is 0 Å². The predicted octanol–water partition coefficient (Wildman–Crippen LogP) is 3.34. The third-order valence-electron chi connectivity index (χ3n) is 3.16. The van der Waals surface area contributed by atoms with Crippen molar-refractivity contribution in [3.63, 3.8) is 0 Å². The largest absolute Gasteiger partial charge is 0.357 e. The molecule has 6 heteroatoms. The number of rotatable bonds is 7. The number of thiocarbonyl (C=S) groups is 1. The first-order valence-electron chi connectivity index (χ1n) is 7.24. The fourth-order valence-corrected chi connectivity index (χ4v) is 2.14. The van der Waals surface area contributed by atoms with Crippen LogP contribution < -0.4 is 16.0 Å². The number of anilines is 3. The lowest BCUT2D eigenvalue weighted by Crippen LogP contribution is -2.36. The summed E-state index contributed by atoms with van der Waals surface area (Å²) < 4.78 is 10.2. The highest BCUT2D eigenvalue weighted by molar-refractivity contribution is 7.80. The van der Waals surface area contributed by atoms with Crippen LogP contribution in [0, 0.1) is 0 Å². The zero-order valence-electron chi connectivity index (χ0n) is 13.2. The van der Waals surface area contributed by atoms with Gasteiger partial charge in [-0.3, -0.25) is 0 Å². The molecule has 23 heavy (non-hydrogen) atoms. The van der Waals surface area contributed by atoms with Crippen molar-refractivity contribution in [2.75, 3.05) is 31.4 Å². The predicted molar refractivity (Wildman–Crippen MR) is 98.2 cm³/mol. The summed E-state index contributed by atoms with van der Waals surface area (Å²) >= 11 is 5.24. The van der Waals surface area contributed by atoms with Gasteiger partial charge in [0.2, 0.25) is 0 Å². The summed E-state index contributed by atoms with van der Waals surface area (Å²) in [6.45, 7) is 0.479. The van der Waals surface area contributed by atoms with Crippen molar-refractivity contribution in [3.8, 4) is 0 Å². The average Bonchev–Trinajstić information content (AvgIpc) is 2.58. The van der Waals surface area contributed by atoms with Crippen LogP contribution in [0.15, 0.2) is 54.6 Å². The highest BCUT2D eigenvalue weighted by Gasteiger charge is 2.05. The van der Waals surface area contributed by atoms with Crippen molar-refractivity contribution in [2.24, 2.45) is 0 Å². The summed E-state index contributed by atoms with van der Waals surface area (Å²) in [5.41, 5.74) is 2.97. The molecule has 0 amide bonds. The Hall–Kier alpha value is -2.15. The summed E-state index contributed by atoms with van der Waals surface area (Å²) in [5.74, 6) is 0. The highest BCUT2D eigenvalue weighted by Crippen LogP contribution is 2.18. The van der Waals surface area contributed by atoms with Crippen LogP contribution >= 0.6 is 12.2 Å². The minimum absolute atomic E-state index is 0.327. The molecular formula is C17H21N3O2S. The number of para-hydroxylation sites is 1. The molecule has 0 atom stereocenters. The number of methoxy groups -OCH3 is 2. The van der Waals surface area contributed by atoms with Gasteiger partial charge in [0.05, 0.1) is 6.54 Å². The molecule has 0 spiro atoms. The molecule has 2 aromatic carbocycles. The molecule has 3 N–H and O–H groups in total. The van der Waals surface area contributed by atoms with Crippen molar-refractivity contribution in [1.82, 2.24) is 5.32 Å². The van der Waals surface area contributed by atoms with Gasteiger partial charge in [-0.05, 0) is 48.6 Å². The molecule has 0 aliphatic carbocycles. The third-order valence-corrected chi connectivity index (χ3v) is 3.41. The smallest absolute Gasteiger partial charge is 0.174 e. The standard InChI is InChI=1S/C17H21N3O2S/c1-21-16(22-2)12-18-17(23)20-15-10-8-14(9-11-15)19-13-6-4-3-5-7-13/h3-11,16,19H,12H2,1-2H3,(H2,18,20,23). The lowest BCUT2D eigenvalue weighted by molar-refractivity contribution is -0.0964. The SMILES string of the molecule is COC(CNC(=S)Nc1ccc(Nc2ccccc2)cc1)OC. The Morgan fingerprint density at radius 2 is 1.48 bits per heavy atom. The van der Waals surface area contributed by atoms with Crippen LogP contribution in [-0.2, 0) is 9.47 Å². The molecule has 0 saturated carbocycles. The average molecular weight is 331 g/mol. The van der Waals surface area contributed by atoms with E-state index in [9.17, 15) is 0 Å². The normalized spacial score (nSPS) is 10.4. The van der Waals surface area contributed by atoms with Crippen LogP contribution in [0.4, 0.5) is 17.1 Å². The van der Waals surface area contributed by atoms with Crippen LogP contribution in [0.25, 0.3) is 0 Å². The molecule has 2 aromatic rings. The van der Waals surface area contributed by atoms with Crippen LogP contribution in [0.2, 0.25) is 0 Å². The molecule has 0 radical (unpaired) electrons. The van der Waals surface area contributed by atoms with Crippen molar-refractivity contribution in [3.05, 3.63) is 54.6 Å². The van der Waals surface area contributed by atoms with E-state index in [4.69, 9.17) is 21.7 Å². The molecule has 5 nitrogen and oxygen atoms in total. The zero-order valence-corrected chi connectivity index (χ0v) is 14.0. The van der Waals surface area contributed by atoms with Crippen molar-refractivity contribution in [1.29, 1.82) is 0 Å². The van der Waals surface area contributed by atoms with E-state index in [0.717, 1.165) is 17.1 Å². The molecule has 2 rings (SSSR count). The summed E-state index contributed by atoms with van der Waals surface area (Å²) in [6, 6.07) is 17.9. The minimum Gasteiger partial charge on any atom is -0.357 e. The van der Waals surface area contributed by atoms with Crippen LogP contribution in [0.1, 0.15) is 0 Å². The van der Waals surface area contributed by atoms with Crippen LogP contribution in [0.3, 0.4) is 0 Å². The molecule has 0 aliphatic heterocycles. The first-order valence-corrected chi connectivity index (χ1v) is 7.64. The summed E-state index contributed by atoms with van der Waals surface area (Å²) in [5, 5.41) is 10.0. The summed E-state index contributed by atoms with van der Waals surface area (Å²) in [4.78, 5) is 0. The van der Waals surface area contributed by atoms with Gasteiger partial charge in [0.1, 0.15) is 0 Å². The molecular weight excluding hydrogens is 310 g/mol. The number of benzene rings is 2. The van der Waals surface area contributed by atoms with Gasteiger partial charge in [-0.25, -0.2) is 0 Å². The Labute approximate surface area is 142 Å². The maximum atomic E-state index is 5.24. The van der Waals surface area contributed by atoms with Gasteiger partial charge in [-0.1, -0.05) is 18.2 Å². The number of nitrogens with one attached hydrogen (secondary N) is 3. The van der Waals surface area contributed by atoms with Gasteiger partial charge in [0.15, 0.2) is 11.4 Å².